The zero-order valence-electron chi connectivity index (χ0n) is 10.5. The monoisotopic (exact) mass is 264 g/mol. The van der Waals surface area contributed by atoms with Crippen LogP contribution in [0, 0.1) is 0 Å². The summed E-state index contributed by atoms with van der Waals surface area (Å²) in [5.41, 5.74) is 1.42. The first kappa shape index (κ1) is 13.0. The van der Waals surface area contributed by atoms with Gasteiger partial charge in [0, 0.05) is 24.1 Å². The second kappa shape index (κ2) is 5.44. The van der Waals surface area contributed by atoms with E-state index in [1.807, 2.05) is 13.0 Å². The van der Waals surface area contributed by atoms with Crippen molar-refractivity contribution in [3.8, 4) is 0 Å². The van der Waals surface area contributed by atoms with E-state index in [1.165, 1.54) is 11.8 Å². The van der Waals surface area contributed by atoms with Gasteiger partial charge in [0.05, 0.1) is 11.4 Å². The number of carbonyl (C=O) groups excluding carboxylic acids is 2. The van der Waals surface area contributed by atoms with Crippen molar-refractivity contribution in [1.29, 1.82) is 0 Å². The van der Waals surface area contributed by atoms with E-state index in [9.17, 15) is 9.59 Å². The van der Waals surface area contributed by atoms with Gasteiger partial charge in [-0.25, -0.2) is 0 Å². The van der Waals surface area contributed by atoms with E-state index in [-0.39, 0.29) is 11.8 Å². The molecule has 0 aromatic heterocycles. The summed E-state index contributed by atoms with van der Waals surface area (Å²) in [6.45, 7) is 2.68. The predicted molar refractivity (Wildman–Crippen MR) is 73.2 cm³/mol. The zero-order valence-corrected chi connectivity index (χ0v) is 11.3. The van der Waals surface area contributed by atoms with Gasteiger partial charge in [0.1, 0.15) is 0 Å². The number of benzene rings is 1. The first-order valence-electron chi connectivity index (χ1n) is 5.95. The van der Waals surface area contributed by atoms with Crippen LogP contribution in [0.15, 0.2) is 23.1 Å². The van der Waals surface area contributed by atoms with Crippen molar-refractivity contribution < 1.29 is 9.59 Å². The number of nitrogens with zero attached hydrogens (tertiary/aromatic N) is 1. The number of anilines is 1. The van der Waals surface area contributed by atoms with E-state index < -0.39 is 0 Å². The van der Waals surface area contributed by atoms with Gasteiger partial charge in [0.15, 0.2) is 0 Å². The largest absolute Gasteiger partial charge is 0.352 e. The van der Waals surface area contributed by atoms with Crippen LogP contribution >= 0.6 is 11.8 Å². The summed E-state index contributed by atoms with van der Waals surface area (Å²) in [6.07, 6.45) is 0.908. The molecule has 2 rings (SSSR count). The van der Waals surface area contributed by atoms with Crippen LogP contribution < -0.4 is 10.2 Å². The van der Waals surface area contributed by atoms with E-state index in [0.29, 0.717) is 17.9 Å². The topological polar surface area (TPSA) is 49.4 Å². The highest BCUT2D eigenvalue weighted by molar-refractivity contribution is 8.00. The number of rotatable bonds is 3. The molecule has 1 aromatic carbocycles. The second-order valence-corrected chi connectivity index (χ2v) is 5.20. The Kier molecular flexibility index (Phi) is 3.91. The number of carbonyl (C=O) groups is 2. The van der Waals surface area contributed by atoms with Gasteiger partial charge in [-0.05, 0) is 24.6 Å². The van der Waals surface area contributed by atoms with Crippen molar-refractivity contribution in [1.82, 2.24) is 5.32 Å². The molecule has 0 atom stereocenters. The third-order valence-corrected chi connectivity index (χ3v) is 3.89. The molecule has 1 heterocycles. The lowest BCUT2D eigenvalue weighted by atomic mass is 10.1. The van der Waals surface area contributed by atoms with Gasteiger partial charge in [-0.1, -0.05) is 6.92 Å². The minimum absolute atomic E-state index is 0.0682. The Balaban J connectivity index is 2.26. The number of amides is 2. The fourth-order valence-corrected chi connectivity index (χ4v) is 2.73. The third kappa shape index (κ3) is 2.51. The smallest absolute Gasteiger partial charge is 0.251 e. The van der Waals surface area contributed by atoms with Gasteiger partial charge in [-0.15, -0.1) is 11.8 Å². The molecule has 1 N–H and O–H groups in total. The second-order valence-electron chi connectivity index (χ2n) is 4.18. The Hall–Kier alpha value is -1.49. The van der Waals surface area contributed by atoms with Crippen molar-refractivity contribution >= 4 is 29.3 Å². The average molecular weight is 264 g/mol. The Morgan fingerprint density at radius 1 is 1.50 bits per heavy atom. The van der Waals surface area contributed by atoms with Gasteiger partial charge in [-0.2, -0.15) is 0 Å². The molecule has 1 aromatic rings. The fourth-order valence-electron chi connectivity index (χ4n) is 1.75. The molecule has 0 radical (unpaired) electrons. The number of thioether (sulfide) groups is 1. The van der Waals surface area contributed by atoms with Crippen LogP contribution in [0.4, 0.5) is 5.69 Å². The van der Waals surface area contributed by atoms with E-state index in [2.05, 4.69) is 5.32 Å². The molecule has 0 fully saturated rings. The molecule has 0 aliphatic carbocycles. The summed E-state index contributed by atoms with van der Waals surface area (Å²) in [7, 11) is 1.74. The maximum atomic E-state index is 11.9. The van der Waals surface area contributed by atoms with Gasteiger partial charge < -0.3 is 10.2 Å². The number of nitrogens with one attached hydrogen (secondary N) is 1. The third-order valence-electron chi connectivity index (χ3n) is 2.84. The summed E-state index contributed by atoms with van der Waals surface area (Å²) in [6, 6.07) is 5.49. The van der Waals surface area contributed by atoms with Crippen molar-refractivity contribution in [2.75, 3.05) is 24.2 Å². The van der Waals surface area contributed by atoms with Crippen molar-refractivity contribution in [3.05, 3.63) is 23.8 Å². The van der Waals surface area contributed by atoms with Crippen LogP contribution in [0.1, 0.15) is 23.7 Å². The summed E-state index contributed by atoms with van der Waals surface area (Å²) < 4.78 is 0. The normalized spacial score (nSPS) is 14.3. The molecule has 1 aliphatic rings. The summed E-state index contributed by atoms with van der Waals surface area (Å²) >= 11 is 1.52. The first-order chi connectivity index (χ1) is 8.63. The van der Waals surface area contributed by atoms with Crippen LogP contribution in [0.3, 0.4) is 0 Å². The average Bonchev–Trinajstić information content (AvgIpc) is 2.40. The zero-order chi connectivity index (χ0) is 13.1. The van der Waals surface area contributed by atoms with Crippen LogP contribution in [-0.4, -0.2) is 31.2 Å². The number of fused-ring (bicyclic) bond motifs is 1. The maximum Gasteiger partial charge on any atom is 0.251 e. The highest BCUT2D eigenvalue weighted by Crippen LogP contribution is 2.34. The number of hydrogen-bond donors (Lipinski definition) is 1. The Morgan fingerprint density at radius 2 is 2.28 bits per heavy atom. The highest BCUT2D eigenvalue weighted by atomic mass is 32.2. The molecule has 2 amide bonds. The summed E-state index contributed by atoms with van der Waals surface area (Å²) in [5, 5.41) is 2.83. The van der Waals surface area contributed by atoms with Crippen LogP contribution in [0.25, 0.3) is 0 Å². The molecule has 5 heteroatoms. The molecule has 0 spiro atoms. The van der Waals surface area contributed by atoms with E-state index >= 15 is 0 Å². The predicted octanol–water partition coefficient (Wildman–Crippen LogP) is 1.89. The van der Waals surface area contributed by atoms with Crippen LogP contribution in [0.5, 0.6) is 0 Å². The van der Waals surface area contributed by atoms with E-state index in [1.54, 1.807) is 24.1 Å². The van der Waals surface area contributed by atoms with Crippen molar-refractivity contribution in [3.63, 3.8) is 0 Å². The molecule has 1 aliphatic heterocycles. The van der Waals surface area contributed by atoms with Crippen LogP contribution in [0.2, 0.25) is 0 Å². The van der Waals surface area contributed by atoms with Crippen LogP contribution in [-0.2, 0) is 4.79 Å². The highest BCUT2D eigenvalue weighted by Gasteiger charge is 2.22. The Labute approximate surface area is 111 Å². The first-order valence-corrected chi connectivity index (χ1v) is 6.93. The van der Waals surface area contributed by atoms with Gasteiger partial charge in [0.2, 0.25) is 5.91 Å². The molecule has 0 unspecified atom stereocenters. The van der Waals surface area contributed by atoms with Gasteiger partial charge >= 0.3 is 0 Å². The lowest BCUT2D eigenvalue weighted by molar-refractivity contribution is -0.116. The quantitative estimate of drug-likeness (QED) is 0.907. The Bertz CT molecular complexity index is 488. The summed E-state index contributed by atoms with van der Waals surface area (Å²) in [5.74, 6) is 0.444. The number of hydrogen-bond acceptors (Lipinski definition) is 3. The minimum Gasteiger partial charge on any atom is -0.352 e. The SMILES string of the molecule is CCCNC(=O)c1ccc2c(c1)N(C)C(=O)CS2. The van der Waals surface area contributed by atoms with Crippen molar-refractivity contribution in [2.24, 2.45) is 0 Å². The van der Waals surface area contributed by atoms with E-state index in [0.717, 1.165) is 17.0 Å². The molecule has 4 nitrogen and oxygen atoms in total. The van der Waals surface area contributed by atoms with Gasteiger partial charge in [0.25, 0.3) is 5.91 Å². The van der Waals surface area contributed by atoms with Gasteiger partial charge in [-0.3, -0.25) is 9.59 Å². The standard InChI is InChI=1S/C13H16N2O2S/c1-3-6-14-13(17)9-4-5-11-10(7-9)15(2)12(16)8-18-11/h4-5,7H,3,6,8H2,1-2H3,(H,14,17). The lowest BCUT2D eigenvalue weighted by Gasteiger charge is -2.25. The lowest BCUT2D eigenvalue weighted by Crippen LogP contribution is -2.32. The minimum atomic E-state index is -0.0870. The molecule has 0 bridgehead atoms. The molecular weight excluding hydrogens is 248 g/mol. The molecular formula is C13H16N2O2S. The maximum absolute atomic E-state index is 11.9. The molecule has 18 heavy (non-hydrogen) atoms. The van der Waals surface area contributed by atoms with Crippen molar-refractivity contribution in [2.45, 2.75) is 18.2 Å². The molecule has 96 valence electrons. The fraction of sp³-hybridized carbons (Fsp3) is 0.385. The Morgan fingerprint density at radius 3 is 3.00 bits per heavy atom. The molecule has 0 saturated carbocycles. The molecule has 0 saturated heterocycles. The summed E-state index contributed by atoms with van der Waals surface area (Å²) in [4.78, 5) is 26.1. The van der Waals surface area contributed by atoms with E-state index in [4.69, 9.17) is 0 Å².